The van der Waals surface area contributed by atoms with Gasteiger partial charge in [-0.1, -0.05) is 3.77 Å². The second-order valence-corrected chi connectivity index (χ2v) is 7.56. The van der Waals surface area contributed by atoms with Crippen molar-refractivity contribution in [2.45, 2.75) is 17.9 Å². The summed E-state index contributed by atoms with van der Waals surface area (Å²) in [5, 5.41) is 0. The van der Waals surface area contributed by atoms with Crippen LogP contribution >= 0.6 is 0 Å². The Hall–Kier alpha value is -0.450. The molecule has 16 heteroatoms. The van der Waals surface area contributed by atoms with Crippen LogP contribution in [-0.4, -0.2) is 34.5 Å². The first-order valence-electron chi connectivity index (χ1n) is 4.14. The standard InChI is InChI=1S/C4H6F6N2O5S3/c1-2-17-18(11-19(13,14)3(5,6)7)12-20(15,16)4(8,9)10/h2H2,1H3,(H,11,12). The molecule has 0 heterocycles. The van der Waals surface area contributed by atoms with Gasteiger partial charge in [0.2, 0.25) is 0 Å². The van der Waals surface area contributed by atoms with Crippen LogP contribution in [0.3, 0.4) is 0 Å². The van der Waals surface area contributed by atoms with Gasteiger partial charge in [-0.15, -0.1) is 4.13 Å². The van der Waals surface area contributed by atoms with Crippen LogP contribution < -0.4 is 4.13 Å². The molecule has 0 saturated heterocycles. The van der Waals surface area contributed by atoms with Gasteiger partial charge in [-0.3, -0.25) is 4.18 Å². The number of rotatable bonds is 5. The van der Waals surface area contributed by atoms with E-state index in [1.807, 2.05) is 3.77 Å². The Balaban J connectivity index is 5.63. The smallest absolute Gasteiger partial charge is 0.293 e. The summed E-state index contributed by atoms with van der Waals surface area (Å²) in [6.07, 6.45) is 0. The van der Waals surface area contributed by atoms with Crippen LogP contribution in [0.25, 0.3) is 0 Å². The highest BCUT2D eigenvalue weighted by atomic mass is 32.3. The molecule has 0 aliphatic carbocycles. The molecule has 1 N–H and O–H groups in total. The van der Waals surface area contributed by atoms with Crippen molar-refractivity contribution >= 4 is 31.2 Å². The summed E-state index contributed by atoms with van der Waals surface area (Å²) in [4.78, 5) is 0. The summed E-state index contributed by atoms with van der Waals surface area (Å²) in [7, 11) is -12.3. The van der Waals surface area contributed by atoms with Crippen molar-refractivity contribution in [1.82, 2.24) is 4.13 Å². The number of hydrogen-bond acceptors (Lipinski definition) is 5. The maximum atomic E-state index is 12.0. The molecule has 7 nitrogen and oxygen atoms in total. The molecule has 0 spiro atoms. The van der Waals surface area contributed by atoms with Gasteiger partial charge in [0.25, 0.3) is 0 Å². The molecular weight excluding hydrogens is 366 g/mol. The van der Waals surface area contributed by atoms with Gasteiger partial charge in [0.05, 0.1) is 6.61 Å². The third-order valence-electron chi connectivity index (χ3n) is 1.17. The van der Waals surface area contributed by atoms with Crippen molar-refractivity contribution in [1.29, 1.82) is 0 Å². The highest BCUT2D eigenvalue weighted by Crippen LogP contribution is 2.26. The lowest BCUT2D eigenvalue weighted by atomic mass is 10.9. The normalized spacial score (nSPS) is 16.4. The quantitative estimate of drug-likeness (QED) is 0.724. The molecule has 0 bridgehead atoms. The van der Waals surface area contributed by atoms with Gasteiger partial charge < -0.3 is 0 Å². The first kappa shape index (κ1) is 19.6. The lowest BCUT2D eigenvalue weighted by molar-refractivity contribution is -0.0442. The van der Waals surface area contributed by atoms with E-state index >= 15 is 0 Å². The zero-order valence-corrected chi connectivity index (χ0v) is 11.6. The Morgan fingerprint density at radius 1 is 1.05 bits per heavy atom. The Labute approximate surface area is 111 Å². The van der Waals surface area contributed by atoms with E-state index in [1.165, 1.54) is 0 Å². The minimum atomic E-state index is -6.22. The predicted molar refractivity (Wildman–Crippen MR) is 54.5 cm³/mol. The summed E-state index contributed by atoms with van der Waals surface area (Å²) in [6.45, 7) is 0.470. The number of nitrogens with one attached hydrogen (secondary N) is 1. The van der Waals surface area contributed by atoms with E-state index in [0.717, 1.165) is 6.92 Å². The Morgan fingerprint density at radius 2 is 1.50 bits per heavy atom. The molecule has 0 aromatic rings. The van der Waals surface area contributed by atoms with Crippen LogP contribution in [0.1, 0.15) is 6.92 Å². The van der Waals surface area contributed by atoms with Crippen LogP contribution in [0, 0.1) is 0 Å². The second-order valence-electron chi connectivity index (χ2n) is 2.68. The Kier molecular flexibility index (Phi) is 5.98. The molecule has 1 atom stereocenters. The van der Waals surface area contributed by atoms with Gasteiger partial charge >= 0.3 is 31.1 Å². The molecular formula is C4H6F6N2O5S3. The van der Waals surface area contributed by atoms with E-state index in [-0.39, 0.29) is 0 Å². The number of nitrogens with zero attached hydrogens (tertiary/aromatic N) is 1. The summed E-state index contributed by atoms with van der Waals surface area (Å²) in [5.41, 5.74) is -11.8. The Morgan fingerprint density at radius 3 is 1.80 bits per heavy atom. The summed E-state index contributed by atoms with van der Waals surface area (Å²) >= 11 is -3.20. The predicted octanol–water partition coefficient (Wildman–Crippen LogP) is 0.944. The SMILES string of the molecule is CCOS(=NS(=O)(=O)C(F)(F)F)NS(=O)(=O)C(F)(F)F. The zero-order valence-electron chi connectivity index (χ0n) is 9.19. The van der Waals surface area contributed by atoms with E-state index < -0.39 is 48.8 Å². The van der Waals surface area contributed by atoms with Crippen LogP contribution in [0.2, 0.25) is 0 Å². The molecule has 0 aromatic heterocycles. The third kappa shape index (κ3) is 5.15. The number of halogens is 6. The molecule has 20 heavy (non-hydrogen) atoms. The van der Waals surface area contributed by atoms with Gasteiger partial charge in [-0.2, -0.15) is 34.8 Å². The van der Waals surface area contributed by atoms with Crippen LogP contribution in [-0.2, 0) is 35.4 Å². The van der Waals surface area contributed by atoms with E-state index in [2.05, 4.69) is 4.18 Å². The summed E-state index contributed by atoms with van der Waals surface area (Å²) in [5.74, 6) is 0. The molecule has 0 aliphatic heterocycles. The molecule has 122 valence electrons. The second kappa shape index (κ2) is 6.12. The maximum absolute atomic E-state index is 12.0. The fourth-order valence-electron chi connectivity index (χ4n) is 0.445. The Bertz CT molecular complexity index is 575. The number of sulfonamides is 2. The lowest BCUT2D eigenvalue weighted by Gasteiger charge is -2.12. The van der Waals surface area contributed by atoms with Gasteiger partial charge in [0, 0.05) is 0 Å². The van der Waals surface area contributed by atoms with Crippen molar-refractivity contribution < 1.29 is 47.4 Å². The van der Waals surface area contributed by atoms with Gasteiger partial charge in [-0.25, -0.2) is 8.42 Å². The molecule has 0 fully saturated rings. The van der Waals surface area contributed by atoms with Gasteiger partial charge in [0.1, 0.15) is 11.2 Å². The van der Waals surface area contributed by atoms with Crippen molar-refractivity contribution in [3.63, 3.8) is 0 Å². The van der Waals surface area contributed by atoms with E-state index in [4.69, 9.17) is 0 Å². The average molecular weight is 372 g/mol. The molecule has 0 rings (SSSR count). The molecule has 0 amide bonds. The van der Waals surface area contributed by atoms with E-state index in [9.17, 15) is 43.2 Å². The lowest BCUT2D eigenvalue weighted by Crippen LogP contribution is -2.38. The molecule has 0 aromatic carbocycles. The van der Waals surface area contributed by atoms with E-state index in [1.54, 1.807) is 0 Å². The maximum Gasteiger partial charge on any atom is 0.519 e. The molecule has 0 saturated carbocycles. The first-order chi connectivity index (χ1) is 8.64. The highest BCUT2D eigenvalue weighted by molar-refractivity contribution is 8.05. The highest BCUT2D eigenvalue weighted by Gasteiger charge is 2.49. The summed E-state index contributed by atoms with van der Waals surface area (Å²) < 4.78 is 121. The fourth-order valence-corrected chi connectivity index (χ4v) is 3.61. The minimum absolute atomic E-state index is 0.569. The number of hydrogen-bond donors (Lipinski definition) is 1. The monoisotopic (exact) mass is 372 g/mol. The van der Waals surface area contributed by atoms with Crippen molar-refractivity contribution in [2.75, 3.05) is 6.61 Å². The average Bonchev–Trinajstić information content (AvgIpc) is 2.12. The topological polar surface area (TPSA) is 102 Å². The van der Waals surface area contributed by atoms with E-state index in [0.29, 0.717) is 4.13 Å². The van der Waals surface area contributed by atoms with Crippen LogP contribution in [0.5, 0.6) is 0 Å². The van der Waals surface area contributed by atoms with Crippen molar-refractivity contribution in [3.8, 4) is 0 Å². The van der Waals surface area contributed by atoms with Crippen LogP contribution in [0.4, 0.5) is 26.3 Å². The first-order valence-corrected chi connectivity index (χ1v) is 8.17. The molecule has 0 aliphatic rings. The minimum Gasteiger partial charge on any atom is -0.293 e. The number of alkyl halides is 6. The molecule has 1 unspecified atom stereocenters. The van der Waals surface area contributed by atoms with Crippen molar-refractivity contribution in [2.24, 2.45) is 3.77 Å². The van der Waals surface area contributed by atoms with Crippen LogP contribution in [0.15, 0.2) is 3.77 Å². The largest absolute Gasteiger partial charge is 0.519 e. The fraction of sp³-hybridized carbons (Fsp3) is 1.00. The summed E-state index contributed by atoms with van der Waals surface area (Å²) in [6, 6.07) is 0. The zero-order chi connectivity index (χ0) is 16.4. The van der Waals surface area contributed by atoms with Gasteiger partial charge in [0.15, 0.2) is 0 Å². The van der Waals surface area contributed by atoms with Gasteiger partial charge in [-0.05, 0) is 6.92 Å². The molecule has 0 radical (unpaired) electrons. The van der Waals surface area contributed by atoms with Crippen molar-refractivity contribution in [3.05, 3.63) is 0 Å². The third-order valence-corrected chi connectivity index (χ3v) is 5.60.